The van der Waals surface area contributed by atoms with E-state index in [0.29, 0.717) is 0 Å². The maximum Gasteiger partial charge on any atom is 0.335 e. The molecule has 80 valence electrons. The smallest absolute Gasteiger partial charge is 0.335 e. The number of carbonyl (C=O) groups is 1. The Balaban J connectivity index is 2.27. The first-order chi connectivity index (χ1) is 6.33. The van der Waals surface area contributed by atoms with Crippen LogP contribution in [0, 0.1) is 0 Å². The predicted molar refractivity (Wildman–Crippen MR) is 39.0 cm³/mol. The van der Waals surface area contributed by atoms with Gasteiger partial charge in [0, 0.05) is 6.42 Å². The Hall–Kier alpha value is -0.730. The zero-order valence-corrected chi connectivity index (χ0v) is 6.99. The second-order valence-corrected chi connectivity index (χ2v) is 3.72. The van der Waals surface area contributed by atoms with Crippen LogP contribution in [0.1, 0.15) is 6.42 Å². The quantitative estimate of drug-likeness (QED) is 0.309. The molecule has 14 heavy (non-hydrogen) atoms. The number of aliphatic hydroxyl groups excluding tert-OH is 2. The van der Waals surface area contributed by atoms with Crippen LogP contribution in [0.3, 0.4) is 0 Å². The highest BCUT2D eigenvalue weighted by Crippen LogP contribution is 2.56. The van der Waals surface area contributed by atoms with E-state index in [4.69, 9.17) is 5.11 Å². The van der Waals surface area contributed by atoms with Crippen molar-refractivity contribution >= 4 is 5.97 Å². The molecule has 0 radical (unpaired) electrons. The van der Waals surface area contributed by atoms with Crippen molar-refractivity contribution in [2.75, 3.05) is 0 Å². The number of ether oxygens (including phenoxy) is 1. The van der Waals surface area contributed by atoms with Crippen LogP contribution in [-0.2, 0) is 9.53 Å². The van der Waals surface area contributed by atoms with E-state index in [1.807, 2.05) is 0 Å². The number of hydrogen-bond donors (Lipinski definition) is 5. The topological polar surface area (TPSA) is 127 Å². The highest BCUT2D eigenvalue weighted by molar-refractivity contribution is 5.74. The summed E-state index contributed by atoms with van der Waals surface area (Å²) in [5.74, 6) is -1.50. The minimum Gasteiger partial charge on any atom is -0.479 e. The van der Waals surface area contributed by atoms with E-state index in [0.717, 1.165) is 0 Å². The van der Waals surface area contributed by atoms with Gasteiger partial charge >= 0.3 is 5.97 Å². The van der Waals surface area contributed by atoms with Crippen molar-refractivity contribution in [3.63, 3.8) is 0 Å². The summed E-state index contributed by atoms with van der Waals surface area (Å²) in [5.41, 5.74) is -3.92. The Kier molecular flexibility index (Phi) is 1.71. The molecule has 0 aromatic heterocycles. The monoisotopic (exact) mass is 206 g/mol. The average molecular weight is 206 g/mol. The molecule has 0 aromatic rings. The van der Waals surface area contributed by atoms with Crippen LogP contribution >= 0.6 is 0 Å². The molecule has 0 amide bonds. The van der Waals surface area contributed by atoms with Crippen LogP contribution in [-0.4, -0.2) is 61.2 Å². The molecule has 0 bridgehead atoms. The third-order valence-corrected chi connectivity index (χ3v) is 2.87. The van der Waals surface area contributed by atoms with E-state index < -0.39 is 35.7 Å². The molecule has 2 fully saturated rings. The molecule has 4 unspecified atom stereocenters. The Morgan fingerprint density at radius 1 is 1.29 bits per heavy atom. The third kappa shape index (κ3) is 0.904. The molecule has 7 heteroatoms. The summed E-state index contributed by atoms with van der Waals surface area (Å²) >= 11 is 0. The number of carboxylic acids is 1. The Morgan fingerprint density at radius 3 is 2.36 bits per heavy atom. The number of rotatable bonds is 1. The zero-order chi connectivity index (χ0) is 10.7. The van der Waals surface area contributed by atoms with Crippen molar-refractivity contribution in [2.24, 2.45) is 0 Å². The molecule has 1 saturated heterocycles. The lowest BCUT2D eigenvalue weighted by molar-refractivity contribution is -0.280. The number of aliphatic carboxylic acids is 1. The van der Waals surface area contributed by atoms with Gasteiger partial charge in [-0.25, -0.2) is 4.79 Å². The molecule has 2 aliphatic rings. The molecule has 1 heterocycles. The van der Waals surface area contributed by atoms with E-state index in [2.05, 4.69) is 4.74 Å². The van der Waals surface area contributed by atoms with Gasteiger partial charge in [-0.1, -0.05) is 0 Å². The van der Waals surface area contributed by atoms with Crippen molar-refractivity contribution in [1.29, 1.82) is 0 Å². The molecule has 5 atom stereocenters. The van der Waals surface area contributed by atoms with Gasteiger partial charge in [0.15, 0.2) is 12.4 Å². The summed E-state index contributed by atoms with van der Waals surface area (Å²) in [4.78, 5) is 10.5. The van der Waals surface area contributed by atoms with Crippen LogP contribution in [0.4, 0.5) is 0 Å². The van der Waals surface area contributed by atoms with Crippen LogP contribution in [0.15, 0.2) is 0 Å². The van der Waals surface area contributed by atoms with Gasteiger partial charge in [0.1, 0.15) is 17.3 Å². The van der Waals surface area contributed by atoms with Crippen molar-refractivity contribution < 1.29 is 35.1 Å². The van der Waals surface area contributed by atoms with Gasteiger partial charge in [-0.05, 0) is 0 Å². The van der Waals surface area contributed by atoms with E-state index in [1.54, 1.807) is 0 Å². The van der Waals surface area contributed by atoms with Crippen LogP contribution < -0.4 is 0 Å². The van der Waals surface area contributed by atoms with Crippen molar-refractivity contribution in [1.82, 2.24) is 0 Å². The van der Waals surface area contributed by atoms with E-state index in [1.165, 1.54) is 0 Å². The zero-order valence-electron chi connectivity index (χ0n) is 6.99. The van der Waals surface area contributed by atoms with Gasteiger partial charge in [0.2, 0.25) is 0 Å². The predicted octanol–water partition coefficient (Wildman–Crippen LogP) is -2.98. The van der Waals surface area contributed by atoms with Crippen molar-refractivity contribution in [3.8, 4) is 0 Å². The van der Waals surface area contributed by atoms with Crippen molar-refractivity contribution in [3.05, 3.63) is 0 Å². The van der Waals surface area contributed by atoms with Crippen LogP contribution in [0.2, 0.25) is 0 Å². The fourth-order valence-corrected chi connectivity index (χ4v) is 1.80. The van der Waals surface area contributed by atoms with Gasteiger partial charge < -0.3 is 30.3 Å². The van der Waals surface area contributed by atoms with Gasteiger partial charge in [-0.3, -0.25) is 0 Å². The number of carboxylic acid groups (broad SMARTS) is 1. The molecule has 7 nitrogen and oxygen atoms in total. The molecule has 2 rings (SSSR count). The normalized spacial score (nSPS) is 56.4. The molecule has 0 spiro atoms. The largest absolute Gasteiger partial charge is 0.479 e. The maximum atomic E-state index is 10.5. The van der Waals surface area contributed by atoms with Gasteiger partial charge in [0.05, 0.1) is 0 Å². The lowest BCUT2D eigenvalue weighted by atomic mass is 9.99. The second-order valence-electron chi connectivity index (χ2n) is 3.72. The van der Waals surface area contributed by atoms with E-state index >= 15 is 0 Å². The first-order valence-electron chi connectivity index (χ1n) is 4.02. The summed E-state index contributed by atoms with van der Waals surface area (Å²) < 4.78 is 4.48. The van der Waals surface area contributed by atoms with Crippen molar-refractivity contribution in [2.45, 2.75) is 36.1 Å². The summed E-state index contributed by atoms with van der Waals surface area (Å²) in [6, 6.07) is 0. The summed E-state index contributed by atoms with van der Waals surface area (Å²) in [6.07, 6.45) is -5.56. The first-order valence-corrected chi connectivity index (χ1v) is 4.02. The molecule has 1 saturated carbocycles. The summed E-state index contributed by atoms with van der Waals surface area (Å²) in [6.45, 7) is 0. The molecule has 1 aliphatic heterocycles. The lowest BCUT2D eigenvalue weighted by Gasteiger charge is -2.35. The van der Waals surface area contributed by atoms with Crippen LogP contribution in [0.25, 0.3) is 0 Å². The molecule has 1 aliphatic carbocycles. The average Bonchev–Trinajstić information content (AvgIpc) is 2.66. The molecular formula is C7H10O7. The highest BCUT2D eigenvalue weighted by atomic mass is 16.7. The fourth-order valence-electron chi connectivity index (χ4n) is 1.80. The van der Waals surface area contributed by atoms with Crippen LogP contribution in [0.5, 0.6) is 0 Å². The minimum absolute atomic E-state index is 0.299. The standard InChI is InChI=1S/C7H10O7/c8-3-2(4(9)10)14-5(11)7(13)1-6(3,7)12/h2-3,5,8,11-13H,1H2,(H,9,10)/t2?,3?,5?,6?,7-/m0/s1. The number of hydrogen-bond acceptors (Lipinski definition) is 6. The Morgan fingerprint density at radius 2 is 1.86 bits per heavy atom. The SMILES string of the molecule is O=C(O)C1OC(O)[C@@]2(O)CC2(O)C1O. The van der Waals surface area contributed by atoms with Gasteiger partial charge in [-0.15, -0.1) is 0 Å². The van der Waals surface area contributed by atoms with E-state index in [9.17, 15) is 25.2 Å². The maximum absolute atomic E-state index is 10.5. The summed E-state index contributed by atoms with van der Waals surface area (Å²) in [7, 11) is 0. The van der Waals surface area contributed by atoms with Gasteiger partial charge in [0.25, 0.3) is 0 Å². The third-order valence-electron chi connectivity index (χ3n) is 2.87. The number of fused-ring (bicyclic) bond motifs is 1. The van der Waals surface area contributed by atoms with Gasteiger partial charge in [-0.2, -0.15) is 0 Å². The first kappa shape index (κ1) is 9.81. The Bertz CT molecular complexity index is 292. The summed E-state index contributed by atoms with van der Waals surface area (Å²) in [5, 5.41) is 46.1. The second kappa shape index (κ2) is 2.44. The molecule has 0 aromatic carbocycles. The molecular weight excluding hydrogens is 196 g/mol. The fraction of sp³-hybridized carbons (Fsp3) is 0.857. The molecule has 5 N–H and O–H groups in total. The minimum atomic E-state index is -1.98. The van der Waals surface area contributed by atoms with E-state index in [-0.39, 0.29) is 6.42 Å². The highest BCUT2D eigenvalue weighted by Gasteiger charge is 2.79. The number of aliphatic hydroxyl groups is 4. The lowest BCUT2D eigenvalue weighted by Crippen LogP contribution is -2.59. The Labute approximate surface area is 78.2 Å².